The fraction of sp³-hybridized carbons (Fsp3) is 0.944. The summed E-state index contributed by atoms with van der Waals surface area (Å²) in [5.74, 6) is 0.928. The Morgan fingerprint density at radius 2 is 1.83 bits per heavy atom. The Morgan fingerprint density at radius 1 is 1.12 bits per heavy atom. The third-order valence-electron chi connectivity index (χ3n) is 4.29. The van der Waals surface area contributed by atoms with Crippen molar-refractivity contribution in [3.8, 4) is 0 Å². The molecule has 0 aromatic rings. The highest BCUT2D eigenvalue weighted by Crippen LogP contribution is 2.24. The van der Waals surface area contributed by atoms with Gasteiger partial charge in [0.25, 0.3) is 0 Å². The van der Waals surface area contributed by atoms with Crippen molar-refractivity contribution in [3.05, 3.63) is 0 Å². The van der Waals surface area contributed by atoms with Crippen molar-refractivity contribution in [3.63, 3.8) is 0 Å². The molecule has 5 nitrogen and oxygen atoms in total. The van der Waals surface area contributed by atoms with Crippen LogP contribution in [0, 0.1) is 0 Å². The minimum Gasteiger partial charge on any atom is -0.373 e. The lowest BCUT2D eigenvalue weighted by Gasteiger charge is -2.21. The van der Waals surface area contributed by atoms with Crippen LogP contribution in [0.4, 0.5) is 0 Å². The smallest absolute Gasteiger partial charge is 0.191 e. The van der Waals surface area contributed by atoms with Gasteiger partial charge in [0.15, 0.2) is 5.96 Å². The van der Waals surface area contributed by atoms with Crippen molar-refractivity contribution in [1.29, 1.82) is 0 Å². The maximum Gasteiger partial charge on any atom is 0.191 e. The number of guanidine groups is 1. The molecule has 1 saturated heterocycles. The number of rotatable bonds is 11. The monoisotopic (exact) mass is 454 g/mol. The van der Waals surface area contributed by atoms with Crippen LogP contribution in [-0.2, 0) is 4.74 Å². The van der Waals surface area contributed by atoms with Crippen LogP contribution in [-0.4, -0.2) is 63.3 Å². The van der Waals surface area contributed by atoms with Crippen LogP contribution in [0.15, 0.2) is 4.99 Å². The molecular weight excluding hydrogens is 415 g/mol. The summed E-state index contributed by atoms with van der Waals surface area (Å²) in [4.78, 5) is 6.96. The average Bonchev–Trinajstić information content (AvgIpc) is 2.94. The van der Waals surface area contributed by atoms with Gasteiger partial charge in [0.2, 0.25) is 0 Å². The zero-order valence-corrected chi connectivity index (χ0v) is 18.5. The van der Waals surface area contributed by atoms with E-state index >= 15 is 0 Å². The van der Waals surface area contributed by atoms with Crippen LogP contribution in [0.25, 0.3) is 0 Å². The summed E-state index contributed by atoms with van der Waals surface area (Å²) >= 11 is 0. The molecule has 144 valence electrons. The van der Waals surface area contributed by atoms with E-state index in [1.54, 1.807) is 0 Å². The van der Waals surface area contributed by atoms with E-state index in [4.69, 9.17) is 9.73 Å². The fourth-order valence-electron chi connectivity index (χ4n) is 2.84. The van der Waals surface area contributed by atoms with E-state index in [1.807, 2.05) is 0 Å². The average molecular weight is 454 g/mol. The van der Waals surface area contributed by atoms with E-state index in [1.165, 1.54) is 38.6 Å². The molecule has 1 fully saturated rings. The Bertz CT molecular complexity index is 331. The Hall–Kier alpha value is -0.0800. The fourth-order valence-corrected chi connectivity index (χ4v) is 2.84. The normalized spacial score (nSPS) is 21.0. The molecule has 1 rings (SSSR count). The molecule has 2 N–H and O–H groups in total. The summed E-state index contributed by atoms with van der Waals surface area (Å²) < 4.78 is 5.80. The number of nitrogens with one attached hydrogen (secondary N) is 2. The number of hydrogen-bond donors (Lipinski definition) is 2. The van der Waals surface area contributed by atoms with E-state index in [9.17, 15) is 0 Å². The lowest BCUT2D eigenvalue weighted by Crippen LogP contribution is -2.39. The molecule has 6 heteroatoms. The second-order valence-electron chi connectivity index (χ2n) is 7.09. The molecule has 0 radical (unpaired) electrons. The molecule has 1 unspecified atom stereocenters. The predicted molar refractivity (Wildman–Crippen MR) is 115 cm³/mol. The largest absolute Gasteiger partial charge is 0.373 e. The first-order valence-electron chi connectivity index (χ1n) is 9.36. The third kappa shape index (κ3) is 11.5. The summed E-state index contributed by atoms with van der Waals surface area (Å²) in [6.45, 7) is 8.99. The van der Waals surface area contributed by atoms with Crippen LogP contribution in [0.2, 0.25) is 0 Å². The Morgan fingerprint density at radius 3 is 2.46 bits per heavy atom. The SMILES string of the molecule is CCNC(=NCC1(C)CCCO1)NCCCCCCCN(C)C.I. The Labute approximate surface area is 166 Å². The Balaban J connectivity index is 0.00000529. The topological polar surface area (TPSA) is 48.9 Å². The molecule has 0 bridgehead atoms. The number of aliphatic imine (C=N–C) groups is 1. The van der Waals surface area contributed by atoms with Gasteiger partial charge in [-0.1, -0.05) is 19.3 Å². The number of ether oxygens (including phenoxy) is 1. The van der Waals surface area contributed by atoms with Crippen LogP contribution < -0.4 is 10.6 Å². The van der Waals surface area contributed by atoms with Gasteiger partial charge in [-0.05, 0) is 60.2 Å². The molecule has 1 aliphatic heterocycles. The van der Waals surface area contributed by atoms with E-state index in [0.717, 1.165) is 45.0 Å². The van der Waals surface area contributed by atoms with Crippen molar-refractivity contribution < 1.29 is 4.74 Å². The van der Waals surface area contributed by atoms with Gasteiger partial charge in [-0.25, -0.2) is 0 Å². The van der Waals surface area contributed by atoms with Gasteiger partial charge in [0.1, 0.15) is 0 Å². The van der Waals surface area contributed by atoms with Crippen LogP contribution in [0.3, 0.4) is 0 Å². The quantitative estimate of drug-likeness (QED) is 0.218. The van der Waals surface area contributed by atoms with E-state index in [2.05, 4.69) is 43.5 Å². The summed E-state index contributed by atoms with van der Waals surface area (Å²) in [6.07, 6.45) is 8.74. The summed E-state index contributed by atoms with van der Waals surface area (Å²) in [5.41, 5.74) is -0.0607. The Kier molecular flexibility index (Phi) is 14.1. The van der Waals surface area contributed by atoms with Gasteiger partial charge < -0.3 is 20.3 Å². The highest BCUT2D eigenvalue weighted by Gasteiger charge is 2.29. The lowest BCUT2D eigenvalue weighted by molar-refractivity contribution is 0.0283. The molecule has 24 heavy (non-hydrogen) atoms. The molecule has 0 spiro atoms. The van der Waals surface area contributed by atoms with Gasteiger partial charge in [-0.3, -0.25) is 4.99 Å². The maximum absolute atomic E-state index is 5.80. The minimum absolute atomic E-state index is 0. The number of unbranched alkanes of at least 4 members (excludes halogenated alkanes) is 4. The lowest BCUT2D eigenvalue weighted by atomic mass is 10.0. The van der Waals surface area contributed by atoms with E-state index < -0.39 is 0 Å². The second-order valence-corrected chi connectivity index (χ2v) is 7.09. The van der Waals surface area contributed by atoms with Gasteiger partial charge in [-0.15, -0.1) is 24.0 Å². The van der Waals surface area contributed by atoms with Crippen molar-refractivity contribution in [2.24, 2.45) is 4.99 Å². The molecule has 1 atom stereocenters. The van der Waals surface area contributed by atoms with Crippen LogP contribution in [0.5, 0.6) is 0 Å². The first-order valence-corrected chi connectivity index (χ1v) is 9.36. The van der Waals surface area contributed by atoms with E-state index in [0.29, 0.717) is 0 Å². The molecule has 1 heterocycles. The first-order chi connectivity index (χ1) is 11.1. The number of nitrogens with zero attached hydrogens (tertiary/aromatic N) is 2. The summed E-state index contributed by atoms with van der Waals surface area (Å²) in [5, 5.41) is 6.77. The number of hydrogen-bond acceptors (Lipinski definition) is 3. The van der Waals surface area contributed by atoms with Crippen molar-refractivity contribution in [1.82, 2.24) is 15.5 Å². The highest BCUT2D eigenvalue weighted by atomic mass is 127. The zero-order chi connectivity index (χ0) is 17.0. The highest BCUT2D eigenvalue weighted by molar-refractivity contribution is 14.0. The summed E-state index contributed by atoms with van der Waals surface area (Å²) in [6, 6.07) is 0. The van der Waals surface area contributed by atoms with Crippen molar-refractivity contribution in [2.75, 3.05) is 46.9 Å². The zero-order valence-electron chi connectivity index (χ0n) is 16.2. The van der Waals surface area contributed by atoms with Gasteiger partial charge in [0.05, 0.1) is 12.1 Å². The molecular formula is C18H39IN4O. The van der Waals surface area contributed by atoms with Crippen LogP contribution >= 0.6 is 24.0 Å². The molecule has 0 aliphatic carbocycles. The minimum atomic E-state index is -0.0607. The first kappa shape index (κ1) is 23.9. The van der Waals surface area contributed by atoms with Gasteiger partial charge in [0, 0.05) is 19.7 Å². The molecule has 0 aromatic carbocycles. The molecule has 1 aliphatic rings. The van der Waals surface area contributed by atoms with Gasteiger partial charge in [-0.2, -0.15) is 0 Å². The summed E-state index contributed by atoms with van der Waals surface area (Å²) in [7, 11) is 4.28. The van der Waals surface area contributed by atoms with Crippen molar-refractivity contribution in [2.45, 2.75) is 64.4 Å². The van der Waals surface area contributed by atoms with Crippen LogP contribution in [0.1, 0.15) is 58.8 Å². The second kappa shape index (κ2) is 14.1. The predicted octanol–water partition coefficient (Wildman–Crippen LogP) is 3.24. The molecule has 0 amide bonds. The third-order valence-corrected chi connectivity index (χ3v) is 4.29. The standard InChI is InChI=1S/C18H38N4O.HI/c1-5-19-17(21-16-18(2)12-11-15-23-18)20-13-9-7-6-8-10-14-22(3)4;/h5-16H2,1-4H3,(H2,19,20,21);1H. The number of halogens is 1. The van der Waals surface area contributed by atoms with Gasteiger partial charge >= 0.3 is 0 Å². The van der Waals surface area contributed by atoms with E-state index in [-0.39, 0.29) is 29.6 Å². The van der Waals surface area contributed by atoms with Crippen molar-refractivity contribution >= 4 is 29.9 Å². The maximum atomic E-state index is 5.80. The molecule has 0 aromatic heterocycles. The molecule has 0 saturated carbocycles.